The van der Waals surface area contributed by atoms with Crippen molar-refractivity contribution in [2.24, 2.45) is 0 Å². The highest BCUT2D eigenvalue weighted by atomic mass is 19.1. The topological polar surface area (TPSA) is 56.2 Å². The predicted octanol–water partition coefficient (Wildman–Crippen LogP) is 4.04. The van der Waals surface area contributed by atoms with Gasteiger partial charge in [0.2, 0.25) is 5.91 Å². The molecule has 3 rings (SSSR count). The van der Waals surface area contributed by atoms with Crippen LogP contribution in [0, 0.1) is 19.7 Å². The van der Waals surface area contributed by atoms with Crippen molar-refractivity contribution in [2.45, 2.75) is 20.3 Å². The highest BCUT2D eigenvalue weighted by Crippen LogP contribution is 2.23. The number of halogens is 1. The largest absolute Gasteiger partial charge is 0.493 e. The molecule has 1 N–H and O–H groups in total. The third-order valence-corrected chi connectivity index (χ3v) is 3.97. The van der Waals surface area contributed by atoms with Crippen molar-refractivity contribution in [3.05, 3.63) is 71.8 Å². The van der Waals surface area contributed by atoms with Gasteiger partial charge in [0.1, 0.15) is 11.6 Å². The Morgan fingerprint density at radius 3 is 2.50 bits per heavy atom. The average molecular weight is 353 g/mol. The highest BCUT2D eigenvalue weighted by Gasteiger charge is 2.15. The maximum atomic E-state index is 12.9. The minimum Gasteiger partial charge on any atom is -0.493 e. The Labute approximate surface area is 151 Å². The average Bonchev–Trinajstić information content (AvgIpc) is 2.92. The van der Waals surface area contributed by atoms with E-state index in [1.165, 1.54) is 24.3 Å². The maximum Gasteiger partial charge on any atom is 0.227 e. The van der Waals surface area contributed by atoms with Crippen molar-refractivity contribution in [1.29, 1.82) is 0 Å². The molecule has 0 radical (unpaired) electrons. The number of para-hydroxylation sites is 1. The van der Waals surface area contributed by atoms with Gasteiger partial charge in [-0.05, 0) is 50.2 Å². The van der Waals surface area contributed by atoms with Gasteiger partial charge >= 0.3 is 0 Å². The zero-order valence-electron chi connectivity index (χ0n) is 14.7. The molecule has 26 heavy (non-hydrogen) atoms. The number of aryl methyl sites for hydroxylation is 1. The normalized spacial score (nSPS) is 10.6. The number of carbonyl (C=O) groups is 1. The molecule has 0 saturated heterocycles. The lowest BCUT2D eigenvalue weighted by Gasteiger charge is -2.08. The number of nitrogens with zero attached hydrogens (tertiary/aromatic N) is 2. The van der Waals surface area contributed by atoms with Crippen LogP contribution in [0.5, 0.6) is 5.75 Å². The van der Waals surface area contributed by atoms with Gasteiger partial charge in [0.25, 0.3) is 0 Å². The molecular formula is C20H20FN3O2. The van der Waals surface area contributed by atoms with Crippen molar-refractivity contribution in [3.8, 4) is 11.4 Å². The summed E-state index contributed by atoms with van der Waals surface area (Å²) in [6.07, 6.45) is 0.187. The second kappa shape index (κ2) is 7.82. The smallest absolute Gasteiger partial charge is 0.227 e. The van der Waals surface area contributed by atoms with Crippen molar-refractivity contribution in [1.82, 2.24) is 9.78 Å². The summed E-state index contributed by atoms with van der Waals surface area (Å²) in [4.78, 5) is 12.2. The Balaban J connectivity index is 1.61. The number of amides is 1. The summed E-state index contributed by atoms with van der Waals surface area (Å²) < 4.78 is 20.1. The van der Waals surface area contributed by atoms with Crippen molar-refractivity contribution in [2.75, 3.05) is 11.9 Å². The van der Waals surface area contributed by atoms with E-state index in [9.17, 15) is 9.18 Å². The summed E-state index contributed by atoms with van der Waals surface area (Å²) >= 11 is 0. The standard InChI is InChI=1S/C20H20FN3O2/c1-14-20(15(2)24(23-14)17-6-4-3-5-7-17)22-19(25)12-13-26-18-10-8-16(21)9-11-18/h3-11H,12-13H2,1-2H3,(H,22,25). The molecule has 0 unspecified atom stereocenters. The highest BCUT2D eigenvalue weighted by molar-refractivity contribution is 5.92. The van der Waals surface area contributed by atoms with E-state index in [0.717, 1.165) is 17.1 Å². The lowest BCUT2D eigenvalue weighted by molar-refractivity contribution is -0.116. The van der Waals surface area contributed by atoms with Crippen LogP contribution in [0.3, 0.4) is 0 Å². The summed E-state index contributed by atoms with van der Waals surface area (Å²) in [6.45, 7) is 3.98. The molecule has 1 heterocycles. The van der Waals surface area contributed by atoms with Gasteiger partial charge in [-0.25, -0.2) is 9.07 Å². The Bertz CT molecular complexity index is 889. The zero-order chi connectivity index (χ0) is 18.5. The van der Waals surface area contributed by atoms with E-state index in [1.54, 1.807) is 4.68 Å². The van der Waals surface area contributed by atoms with Gasteiger partial charge in [0, 0.05) is 0 Å². The Morgan fingerprint density at radius 2 is 1.81 bits per heavy atom. The Morgan fingerprint density at radius 1 is 1.12 bits per heavy atom. The quantitative estimate of drug-likeness (QED) is 0.728. The molecule has 3 aromatic rings. The fourth-order valence-electron chi connectivity index (χ4n) is 2.64. The van der Waals surface area contributed by atoms with Crippen LogP contribution in [0.25, 0.3) is 5.69 Å². The van der Waals surface area contributed by atoms with Crippen LogP contribution < -0.4 is 10.1 Å². The van der Waals surface area contributed by atoms with Crippen LogP contribution in [-0.2, 0) is 4.79 Å². The van der Waals surface area contributed by atoms with E-state index >= 15 is 0 Å². The van der Waals surface area contributed by atoms with E-state index < -0.39 is 0 Å². The molecule has 2 aromatic carbocycles. The number of aromatic nitrogens is 2. The van der Waals surface area contributed by atoms with E-state index in [2.05, 4.69) is 10.4 Å². The molecule has 1 aromatic heterocycles. The Kier molecular flexibility index (Phi) is 5.31. The molecule has 0 saturated carbocycles. The SMILES string of the molecule is Cc1nn(-c2ccccc2)c(C)c1NC(=O)CCOc1ccc(F)cc1. The first kappa shape index (κ1) is 17.7. The summed E-state index contributed by atoms with van der Waals surface area (Å²) in [5.74, 6) is 0.0471. The molecule has 0 fully saturated rings. The van der Waals surface area contributed by atoms with Gasteiger partial charge in [-0.1, -0.05) is 18.2 Å². The van der Waals surface area contributed by atoms with Gasteiger partial charge in [-0.15, -0.1) is 0 Å². The number of carbonyl (C=O) groups excluding carboxylic acids is 1. The zero-order valence-corrected chi connectivity index (χ0v) is 14.7. The number of rotatable bonds is 6. The van der Waals surface area contributed by atoms with Crippen LogP contribution in [-0.4, -0.2) is 22.3 Å². The maximum absolute atomic E-state index is 12.9. The fourth-order valence-corrected chi connectivity index (χ4v) is 2.64. The van der Waals surface area contributed by atoms with Crippen molar-refractivity contribution in [3.63, 3.8) is 0 Å². The summed E-state index contributed by atoms with van der Waals surface area (Å²) in [7, 11) is 0. The molecule has 134 valence electrons. The minimum absolute atomic E-state index is 0.161. The van der Waals surface area contributed by atoms with Crippen molar-refractivity contribution >= 4 is 11.6 Å². The predicted molar refractivity (Wildman–Crippen MR) is 98.2 cm³/mol. The van der Waals surface area contributed by atoms with Gasteiger partial charge in [0.05, 0.1) is 35.8 Å². The van der Waals surface area contributed by atoms with Gasteiger partial charge in [-0.2, -0.15) is 5.10 Å². The number of nitrogens with one attached hydrogen (secondary N) is 1. The Hall–Kier alpha value is -3.15. The van der Waals surface area contributed by atoms with Crippen LogP contribution in [0.1, 0.15) is 17.8 Å². The third kappa shape index (κ3) is 4.08. The van der Waals surface area contributed by atoms with Gasteiger partial charge < -0.3 is 10.1 Å². The lowest BCUT2D eigenvalue weighted by Crippen LogP contribution is -2.16. The van der Waals surface area contributed by atoms with Crippen LogP contribution in [0.15, 0.2) is 54.6 Å². The van der Waals surface area contributed by atoms with Crippen LogP contribution in [0.2, 0.25) is 0 Å². The second-order valence-electron chi connectivity index (χ2n) is 5.89. The second-order valence-corrected chi connectivity index (χ2v) is 5.89. The third-order valence-electron chi connectivity index (χ3n) is 3.97. The first-order valence-electron chi connectivity index (χ1n) is 8.34. The molecule has 0 atom stereocenters. The van der Waals surface area contributed by atoms with E-state index in [-0.39, 0.29) is 24.8 Å². The molecule has 0 aliphatic carbocycles. The van der Waals surface area contributed by atoms with Gasteiger partial charge in [0.15, 0.2) is 0 Å². The number of hydrogen-bond acceptors (Lipinski definition) is 3. The molecular weight excluding hydrogens is 333 g/mol. The summed E-state index contributed by atoms with van der Waals surface area (Å²) in [5, 5.41) is 7.41. The molecule has 0 bridgehead atoms. The number of benzene rings is 2. The molecule has 6 heteroatoms. The number of hydrogen-bond donors (Lipinski definition) is 1. The van der Waals surface area contributed by atoms with Crippen LogP contribution >= 0.6 is 0 Å². The molecule has 5 nitrogen and oxygen atoms in total. The lowest BCUT2D eigenvalue weighted by atomic mass is 10.2. The van der Waals surface area contributed by atoms with E-state index in [4.69, 9.17) is 4.74 Å². The number of anilines is 1. The van der Waals surface area contributed by atoms with Crippen LogP contribution in [0.4, 0.5) is 10.1 Å². The van der Waals surface area contributed by atoms with E-state index in [1.807, 2.05) is 44.2 Å². The number of ether oxygens (including phenoxy) is 1. The molecule has 0 spiro atoms. The van der Waals surface area contributed by atoms with E-state index in [0.29, 0.717) is 11.4 Å². The van der Waals surface area contributed by atoms with Crippen molar-refractivity contribution < 1.29 is 13.9 Å². The monoisotopic (exact) mass is 353 g/mol. The fraction of sp³-hybridized carbons (Fsp3) is 0.200. The first-order valence-corrected chi connectivity index (χ1v) is 8.34. The first-order chi connectivity index (χ1) is 12.5. The van der Waals surface area contributed by atoms with Gasteiger partial charge in [-0.3, -0.25) is 4.79 Å². The minimum atomic E-state index is -0.323. The summed E-state index contributed by atoms with van der Waals surface area (Å²) in [6, 6.07) is 15.5. The molecule has 0 aliphatic heterocycles. The molecule has 1 amide bonds. The summed E-state index contributed by atoms with van der Waals surface area (Å²) in [5.41, 5.74) is 3.26. The molecule has 0 aliphatic rings.